The summed E-state index contributed by atoms with van der Waals surface area (Å²) in [6.07, 6.45) is 3.34. The quantitative estimate of drug-likeness (QED) is 0.648. The summed E-state index contributed by atoms with van der Waals surface area (Å²) in [6.45, 7) is 0.853. The van der Waals surface area contributed by atoms with Crippen molar-refractivity contribution in [3.05, 3.63) is 30.1 Å². The monoisotopic (exact) mass is 315 g/mol. The molecule has 0 atom stereocenters. The molecule has 0 aromatic carbocycles. The van der Waals surface area contributed by atoms with Gasteiger partial charge in [-0.25, -0.2) is 8.42 Å². The van der Waals surface area contributed by atoms with Crippen molar-refractivity contribution >= 4 is 15.9 Å². The smallest absolute Gasteiger partial charge is 0.235 e. The van der Waals surface area contributed by atoms with Crippen molar-refractivity contribution in [2.24, 2.45) is 0 Å². The molecule has 0 unspecified atom stereocenters. The Labute approximate surface area is 125 Å². The number of rotatable bonds is 9. The fraction of sp³-hybridized carbons (Fsp3) is 0.538. The normalized spacial score (nSPS) is 11.6. The number of ether oxygens (including phenoxy) is 1. The number of nitrogens with one attached hydrogen (secondary N) is 1. The van der Waals surface area contributed by atoms with Crippen LogP contribution in [-0.2, 0) is 26.1 Å². The van der Waals surface area contributed by atoms with E-state index in [1.54, 1.807) is 31.5 Å². The lowest BCUT2D eigenvalue weighted by Gasteiger charge is -2.19. The zero-order valence-electron chi connectivity index (χ0n) is 12.3. The number of nitrogens with zero attached hydrogens (tertiary/aromatic N) is 2. The Hall–Kier alpha value is -1.51. The van der Waals surface area contributed by atoms with Crippen molar-refractivity contribution in [1.29, 1.82) is 0 Å². The van der Waals surface area contributed by atoms with Gasteiger partial charge in [0, 0.05) is 26.5 Å². The number of carbonyl (C=O) groups excluding carboxylic acids is 1. The molecule has 0 fully saturated rings. The van der Waals surface area contributed by atoms with Gasteiger partial charge in [-0.3, -0.25) is 9.78 Å². The van der Waals surface area contributed by atoms with Crippen LogP contribution in [0.3, 0.4) is 0 Å². The van der Waals surface area contributed by atoms with Gasteiger partial charge in [0.25, 0.3) is 0 Å². The van der Waals surface area contributed by atoms with Crippen molar-refractivity contribution in [2.75, 3.05) is 33.1 Å². The zero-order chi connectivity index (χ0) is 15.7. The first-order valence-electron chi connectivity index (χ1n) is 6.54. The van der Waals surface area contributed by atoms with Crippen LogP contribution < -0.4 is 5.32 Å². The third kappa shape index (κ3) is 7.16. The summed E-state index contributed by atoms with van der Waals surface area (Å²) < 4.78 is 29.5. The molecule has 1 aromatic heterocycles. The van der Waals surface area contributed by atoms with E-state index >= 15 is 0 Å². The largest absolute Gasteiger partial charge is 0.385 e. The summed E-state index contributed by atoms with van der Waals surface area (Å²) in [5.41, 5.74) is 0.593. The van der Waals surface area contributed by atoms with Gasteiger partial charge in [0.2, 0.25) is 15.9 Å². The van der Waals surface area contributed by atoms with Crippen LogP contribution in [-0.4, -0.2) is 56.7 Å². The summed E-state index contributed by atoms with van der Waals surface area (Å²) in [6, 6.07) is 5.24. The van der Waals surface area contributed by atoms with Crippen LogP contribution in [0.2, 0.25) is 0 Å². The lowest BCUT2D eigenvalue weighted by molar-refractivity contribution is -0.121. The van der Waals surface area contributed by atoms with Gasteiger partial charge in [-0.1, -0.05) is 6.07 Å². The van der Waals surface area contributed by atoms with Gasteiger partial charge in [0.05, 0.1) is 25.0 Å². The standard InChI is InChI=1S/C13H21N3O4S/c1-20-9-5-8-15-13(17)11-16(21(2,18)19)10-12-6-3-4-7-14-12/h3-4,6-7H,5,8-11H2,1-2H3,(H,15,17). The number of pyridine rings is 1. The molecule has 7 nitrogen and oxygen atoms in total. The molecule has 0 saturated carbocycles. The Morgan fingerprint density at radius 1 is 1.43 bits per heavy atom. The third-order valence-electron chi connectivity index (χ3n) is 2.70. The number of hydrogen-bond acceptors (Lipinski definition) is 5. The van der Waals surface area contributed by atoms with Crippen LogP contribution in [0.15, 0.2) is 24.4 Å². The average molecular weight is 315 g/mol. The number of methoxy groups -OCH3 is 1. The molecule has 0 saturated heterocycles. The van der Waals surface area contributed by atoms with Gasteiger partial charge >= 0.3 is 0 Å². The Kier molecular flexibility index (Phi) is 7.27. The highest BCUT2D eigenvalue weighted by Gasteiger charge is 2.20. The predicted octanol–water partition coefficient (Wildman–Crippen LogP) is -0.00410. The summed E-state index contributed by atoms with van der Waals surface area (Å²) in [5.74, 6) is -0.340. The van der Waals surface area contributed by atoms with Gasteiger partial charge in [-0.15, -0.1) is 0 Å². The minimum atomic E-state index is -3.49. The summed E-state index contributed by atoms with van der Waals surface area (Å²) in [5, 5.41) is 2.66. The second-order valence-electron chi connectivity index (χ2n) is 4.55. The topological polar surface area (TPSA) is 88.6 Å². The fourth-order valence-electron chi connectivity index (χ4n) is 1.62. The maximum Gasteiger partial charge on any atom is 0.235 e. The first-order chi connectivity index (χ1) is 9.93. The average Bonchev–Trinajstić information content (AvgIpc) is 2.43. The molecule has 21 heavy (non-hydrogen) atoms. The summed E-state index contributed by atoms with van der Waals surface area (Å²) in [4.78, 5) is 15.8. The molecule has 1 amide bonds. The zero-order valence-corrected chi connectivity index (χ0v) is 13.1. The van der Waals surface area contributed by atoms with E-state index in [0.717, 1.165) is 10.6 Å². The van der Waals surface area contributed by atoms with Crippen LogP contribution in [0.4, 0.5) is 0 Å². The molecule has 0 aliphatic carbocycles. The Balaban J connectivity index is 2.57. The lowest BCUT2D eigenvalue weighted by Crippen LogP contribution is -2.40. The van der Waals surface area contributed by atoms with Crippen LogP contribution in [0, 0.1) is 0 Å². The van der Waals surface area contributed by atoms with Gasteiger partial charge in [0.15, 0.2) is 0 Å². The maximum atomic E-state index is 11.8. The molecule has 0 bridgehead atoms. The molecule has 0 aliphatic rings. The minimum Gasteiger partial charge on any atom is -0.385 e. The molecular formula is C13H21N3O4S. The number of sulfonamides is 1. The first-order valence-corrected chi connectivity index (χ1v) is 8.39. The van der Waals surface area contributed by atoms with Crippen molar-refractivity contribution in [2.45, 2.75) is 13.0 Å². The SMILES string of the molecule is COCCCNC(=O)CN(Cc1ccccn1)S(C)(=O)=O. The van der Waals surface area contributed by atoms with Crippen molar-refractivity contribution in [3.8, 4) is 0 Å². The Morgan fingerprint density at radius 2 is 2.19 bits per heavy atom. The van der Waals surface area contributed by atoms with Gasteiger partial charge < -0.3 is 10.1 Å². The Bertz CT molecular complexity index is 534. The highest BCUT2D eigenvalue weighted by molar-refractivity contribution is 7.88. The highest BCUT2D eigenvalue weighted by Crippen LogP contribution is 2.05. The molecule has 1 heterocycles. The molecule has 0 aliphatic heterocycles. The molecule has 1 N–H and O–H groups in total. The Morgan fingerprint density at radius 3 is 2.76 bits per heavy atom. The lowest BCUT2D eigenvalue weighted by atomic mass is 10.3. The van der Waals surface area contributed by atoms with Crippen LogP contribution in [0.1, 0.15) is 12.1 Å². The molecule has 1 rings (SSSR count). The maximum absolute atomic E-state index is 11.8. The number of aromatic nitrogens is 1. The fourth-order valence-corrected chi connectivity index (χ4v) is 2.34. The molecule has 0 radical (unpaired) electrons. The van der Waals surface area contributed by atoms with Crippen molar-refractivity contribution in [3.63, 3.8) is 0 Å². The summed E-state index contributed by atoms with van der Waals surface area (Å²) in [7, 11) is -1.90. The van der Waals surface area contributed by atoms with E-state index in [-0.39, 0.29) is 19.0 Å². The number of carbonyl (C=O) groups is 1. The van der Waals surface area contributed by atoms with Gasteiger partial charge in [0.1, 0.15) is 0 Å². The second-order valence-corrected chi connectivity index (χ2v) is 6.53. The van der Waals surface area contributed by atoms with Crippen LogP contribution in [0.5, 0.6) is 0 Å². The highest BCUT2D eigenvalue weighted by atomic mass is 32.2. The minimum absolute atomic E-state index is 0.0746. The molecular weight excluding hydrogens is 294 g/mol. The van der Waals surface area contributed by atoms with E-state index in [9.17, 15) is 13.2 Å². The van der Waals surface area contributed by atoms with E-state index in [1.807, 2.05) is 0 Å². The summed E-state index contributed by atoms with van der Waals surface area (Å²) >= 11 is 0. The second kappa shape index (κ2) is 8.71. The molecule has 8 heteroatoms. The third-order valence-corrected chi connectivity index (χ3v) is 3.90. The van der Waals surface area contributed by atoms with Crippen LogP contribution in [0.25, 0.3) is 0 Å². The molecule has 1 aromatic rings. The predicted molar refractivity (Wildman–Crippen MR) is 79.0 cm³/mol. The van der Waals surface area contributed by atoms with E-state index < -0.39 is 10.0 Å². The number of amides is 1. The van der Waals surface area contributed by atoms with E-state index in [0.29, 0.717) is 25.3 Å². The molecule has 118 valence electrons. The van der Waals surface area contributed by atoms with Crippen LogP contribution >= 0.6 is 0 Å². The van der Waals surface area contributed by atoms with Crippen molar-refractivity contribution in [1.82, 2.24) is 14.6 Å². The first kappa shape index (κ1) is 17.5. The van der Waals surface area contributed by atoms with Crippen molar-refractivity contribution < 1.29 is 17.9 Å². The molecule has 0 spiro atoms. The van der Waals surface area contributed by atoms with E-state index in [2.05, 4.69) is 10.3 Å². The van der Waals surface area contributed by atoms with E-state index in [4.69, 9.17) is 4.74 Å². The van der Waals surface area contributed by atoms with E-state index in [1.165, 1.54) is 0 Å². The van der Waals surface area contributed by atoms with Gasteiger partial charge in [-0.2, -0.15) is 4.31 Å². The number of hydrogen-bond donors (Lipinski definition) is 1. The van der Waals surface area contributed by atoms with Gasteiger partial charge in [-0.05, 0) is 18.6 Å².